The Balaban J connectivity index is 1.36. The van der Waals surface area contributed by atoms with Gasteiger partial charge in [0.15, 0.2) is 23.0 Å². The normalized spacial score (nSPS) is 35.7. The number of hydrogen-bond acceptors (Lipinski definition) is 16. The van der Waals surface area contributed by atoms with Crippen molar-refractivity contribution >= 4 is 0 Å². The molecule has 0 unspecified atom stereocenters. The summed E-state index contributed by atoms with van der Waals surface area (Å²) in [5.41, 5.74) is 1.41. The molecule has 7 N–H and O–H groups in total. The van der Waals surface area contributed by atoms with Crippen molar-refractivity contribution in [2.75, 3.05) is 41.7 Å². The van der Waals surface area contributed by atoms with Crippen LogP contribution < -0.4 is 28.4 Å². The second kappa shape index (κ2) is 16.0. The van der Waals surface area contributed by atoms with E-state index in [1.807, 2.05) is 0 Å². The Morgan fingerprint density at radius 2 is 1.04 bits per heavy atom. The second-order valence-electron chi connectivity index (χ2n) is 12.7. The molecule has 16 heteroatoms. The lowest BCUT2D eigenvalue weighted by Gasteiger charge is -2.39. The van der Waals surface area contributed by atoms with E-state index in [1.54, 1.807) is 38.1 Å². The molecule has 0 spiro atoms. The van der Waals surface area contributed by atoms with Crippen molar-refractivity contribution in [1.82, 2.24) is 0 Å². The SMILES string of the molecule is COc1cc(C[C@H]2CO[C@H](c3cc(OC)c(O[C@@H]4O[C@@H](C)[C@H](O)[C@@H](O)[C@H]4O)c(OC)c3)[C@H]2CO)cc(OC)c1O[C@H]1O[C@H](C)[C@@H](O)[C@H](O)[C@@H]1O. The molecule has 3 saturated heterocycles. The molecule has 0 bridgehead atoms. The first-order valence-corrected chi connectivity index (χ1v) is 16.3. The molecule has 0 radical (unpaired) electrons. The van der Waals surface area contributed by atoms with Gasteiger partial charge in [-0.2, -0.15) is 0 Å². The molecule has 0 aromatic heterocycles. The van der Waals surface area contributed by atoms with E-state index in [9.17, 15) is 35.7 Å². The van der Waals surface area contributed by atoms with Gasteiger partial charge in [-0.3, -0.25) is 0 Å². The van der Waals surface area contributed by atoms with Gasteiger partial charge in [-0.05, 0) is 61.6 Å². The summed E-state index contributed by atoms with van der Waals surface area (Å²) in [6.07, 6.45) is -13.1. The Labute approximate surface area is 289 Å². The fraction of sp³-hybridized carbons (Fsp3) is 0.647. The van der Waals surface area contributed by atoms with Gasteiger partial charge in [-0.25, -0.2) is 0 Å². The van der Waals surface area contributed by atoms with E-state index in [-0.39, 0.29) is 52.9 Å². The predicted molar refractivity (Wildman–Crippen MR) is 172 cm³/mol. The smallest absolute Gasteiger partial charge is 0.229 e. The van der Waals surface area contributed by atoms with Gasteiger partial charge < -0.3 is 78.4 Å². The molecule has 0 aliphatic carbocycles. The second-order valence-corrected chi connectivity index (χ2v) is 12.7. The topological polar surface area (TPSA) is 225 Å². The van der Waals surface area contributed by atoms with Crippen molar-refractivity contribution < 1.29 is 78.4 Å². The maximum absolute atomic E-state index is 10.6. The molecule has 16 nitrogen and oxygen atoms in total. The zero-order chi connectivity index (χ0) is 36.4. The van der Waals surface area contributed by atoms with Crippen molar-refractivity contribution in [3.05, 3.63) is 35.4 Å². The van der Waals surface area contributed by atoms with Crippen LogP contribution in [0.2, 0.25) is 0 Å². The highest BCUT2D eigenvalue weighted by Gasteiger charge is 2.45. The first-order valence-electron chi connectivity index (χ1n) is 16.3. The summed E-state index contributed by atoms with van der Waals surface area (Å²) in [6.45, 7) is 3.18. The summed E-state index contributed by atoms with van der Waals surface area (Å²) in [4.78, 5) is 0. The molecule has 2 aromatic rings. The fourth-order valence-corrected chi connectivity index (χ4v) is 6.63. The van der Waals surface area contributed by atoms with Crippen LogP contribution in [0.3, 0.4) is 0 Å². The monoisotopic (exact) mass is 712 g/mol. The van der Waals surface area contributed by atoms with Crippen LogP contribution in [0.5, 0.6) is 34.5 Å². The number of aliphatic hydroxyl groups excluding tert-OH is 7. The van der Waals surface area contributed by atoms with Gasteiger partial charge in [0.2, 0.25) is 24.1 Å². The molecule has 13 atom stereocenters. The van der Waals surface area contributed by atoms with Crippen molar-refractivity contribution in [3.8, 4) is 34.5 Å². The molecule has 50 heavy (non-hydrogen) atoms. The number of benzene rings is 2. The first-order chi connectivity index (χ1) is 23.9. The van der Waals surface area contributed by atoms with Crippen LogP contribution in [-0.2, 0) is 20.6 Å². The molecule has 5 rings (SSSR count). The summed E-state index contributed by atoms with van der Waals surface area (Å²) < 4.78 is 51.7. The molecular weight excluding hydrogens is 664 g/mol. The van der Waals surface area contributed by atoms with E-state index in [0.29, 0.717) is 18.6 Å². The standard InChI is InChI=1S/C34H48O16/c1-14-24(36)26(38)28(40)33(47-14)49-31-20(42-3)8-16(9-21(31)43-4)7-18-13-46-30(19(18)12-35)17-10-22(44-5)32(23(11-17)45-6)50-34-29(41)27(39)25(37)15(2)48-34/h8-11,14-15,18-19,24-30,33-41H,7,12-13H2,1-6H3/t14-,15+,18+,19+,24-,25+,26+,27-,28+,29-,30-,33-,34+/m1/s1. The number of ether oxygens (including phenoxy) is 9. The Bertz CT molecular complexity index is 1390. The van der Waals surface area contributed by atoms with Crippen molar-refractivity contribution in [2.45, 2.75) is 87.8 Å². The molecule has 3 aliphatic rings. The van der Waals surface area contributed by atoms with Crippen LogP contribution in [0, 0.1) is 11.8 Å². The summed E-state index contributed by atoms with van der Waals surface area (Å²) in [5, 5.41) is 72.2. The predicted octanol–water partition coefficient (Wildman–Crippen LogP) is -0.328. The van der Waals surface area contributed by atoms with Gasteiger partial charge >= 0.3 is 0 Å². The quantitative estimate of drug-likeness (QED) is 0.150. The number of methoxy groups -OCH3 is 4. The Morgan fingerprint density at radius 3 is 1.44 bits per heavy atom. The summed E-state index contributed by atoms with van der Waals surface area (Å²) in [6, 6.07) is 6.82. The van der Waals surface area contributed by atoms with Gasteiger partial charge in [-0.15, -0.1) is 0 Å². The van der Waals surface area contributed by atoms with Crippen molar-refractivity contribution in [2.24, 2.45) is 11.8 Å². The molecule has 280 valence electrons. The minimum absolute atomic E-state index is 0.0986. The maximum atomic E-state index is 10.6. The Hall–Kier alpha value is -3.16. The summed E-state index contributed by atoms with van der Waals surface area (Å²) in [7, 11) is 5.73. The highest BCUT2D eigenvalue weighted by Crippen LogP contribution is 2.48. The van der Waals surface area contributed by atoms with Crippen molar-refractivity contribution in [1.29, 1.82) is 0 Å². The highest BCUT2D eigenvalue weighted by molar-refractivity contribution is 5.55. The fourth-order valence-electron chi connectivity index (χ4n) is 6.63. The van der Waals surface area contributed by atoms with Crippen LogP contribution in [0.15, 0.2) is 24.3 Å². The Kier molecular flexibility index (Phi) is 12.2. The summed E-state index contributed by atoms with van der Waals surface area (Å²) >= 11 is 0. The van der Waals surface area contributed by atoms with E-state index < -0.39 is 67.5 Å². The van der Waals surface area contributed by atoms with E-state index in [4.69, 9.17) is 42.6 Å². The maximum Gasteiger partial charge on any atom is 0.229 e. The van der Waals surface area contributed by atoms with Gasteiger partial charge in [0.25, 0.3) is 0 Å². The van der Waals surface area contributed by atoms with Gasteiger partial charge in [0.05, 0.1) is 53.4 Å². The zero-order valence-corrected chi connectivity index (χ0v) is 28.7. The van der Waals surface area contributed by atoms with E-state index in [1.165, 1.54) is 28.4 Å². The molecule has 3 heterocycles. The van der Waals surface area contributed by atoms with Gasteiger partial charge in [-0.1, -0.05) is 0 Å². The minimum atomic E-state index is -1.55. The first kappa shape index (κ1) is 38.1. The van der Waals surface area contributed by atoms with E-state index >= 15 is 0 Å². The third kappa shape index (κ3) is 7.41. The molecule has 2 aromatic carbocycles. The highest BCUT2D eigenvalue weighted by atomic mass is 16.7. The molecular formula is C34H48O16. The average molecular weight is 713 g/mol. The average Bonchev–Trinajstić information content (AvgIpc) is 3.53. The largest absolute Gasteiger partial charge is 0.493 e. The lowest BCUT2D eigenvalue weighted by molar-refractivity contribution is -0.268. The van der Waals surface area contributed by atoms with E-state index in [0.717, 1.165) is 5.56 Å². The van der Waals surface area contributed by atoms with Crippen LogP contribution in [0.25, 0.3) is 0 Å². The van der Waals surface area contributed by atoms with Crippen LogP contribution >= 0.6 is 0 Å². The lowest BCUT2D eigenvalue weighted by atomic mass is 9.84. The number of hydrogen-bond donors (Lipinski definition) is 7. The Morgan fingerprint density at radius 1 is 0.620 bits per heavy atom. The number of rotatable bonds is 12. The lowest BCUT2D eigenvalue weighted by Crippen LogP contribution is -2.58. The van der Waals surface area contributed by atoms with Crippen LogP contribution in [0.1, 0.15) is 31.1 Å². The van der Waals surface area contributed by atoms with Crippen molar-refractivity contribution in [3.63, 3.8) is 0 Å². The molecule has 0 saturated carbocycles. The molecule has 3 aliphatic heterocycles. The summed E-state index contributed by atoms with van der Waals surface area (Å²) in [5.74, 6) is 0.681. The third-order valence-electron chi connectivity index (χ3n) is 9.61. The third-order valence-corrected chi connectivity index (χ3v) is 9.61. The zero-order valence-electron chi connectivity index (χ0n) is 28.7. The minimum Gasteiger partial charge on any atom is -0.493 e. The van der Waals surface area contributed by atoms with Gasteiger partial charge in [0.1, 0.15) is 36.6 Å². The molecule has 3 fully saturated rings. The van der Waals surface area contributed by atoms with Crippen LogP contribution in [-0.4, -0.2) is 139 Å². The van der Waals surface area contributed by atoms with E-state index in [2.05, 4.69) is 0 Å². The number of aliphatic hydroxyl groups is 7. The van der Waals surface area contributed by atoms with Gasteiger partial charge in [0, 0.05) is 12.5 Å². The van der Waals surface area contributed by atoms with Crippen LogP contribution in [0.4, 0.5) is 0 Å². The molecule has 0 amide bonds.